The molecule has 0 radical (unpaired) electrons. The number of hydrogen-bond acceptors (Lipinski definition) is 10. The highest BCUT2D eigenvalue weighted by Crippen LogP contribution is 2.38. The van der Waals surface area contributed by atoms with Gasteiger partial charge in [-0.3, -0.25) is 4.79 Å². The maximum atomic E-state index is 13.3. The predicted molar refractivity (Wildman–Crippen MR) is 128 cm³/mol. The molecule has 2 aromatic carbocycles. The number of amides is 1. The van der Waals surface area contributed by atoms with Crippen LogP contribution in [-0.4, -0.2) is 44.1 Å². The minimum Gasteiger partial charge on any atom is -0.508 e. The van der Waals surface area contributed by atoms with E-state index in [1.165, 1.54) is 6.07 Å². The van der Waals surface area contributed by atoms with E-state index < -0.39 is 63.8 Å². The number of carbonyl (C=O) groups excluding carboxylic acids is 2. The molecule has 36 heavy (non-hydrogen) atoms. The summed E-state index contributed by atoms with van der Waals surface area (Å²) in [5.41, 5.74) is -1.97. The first-order chi connectivity index (χ1) is 16.7. The number of ether oxygens (including phenoxy) is 2. The molecule has 11 heteroatoms. The van der Waals surface area contributed by atoms with Gasteiger partial charge < -0.3 is 39.6 Å². The van der Waals surface area contributed by atoms with Crippen LogP contribution in [0.1, 0.15) is 34.6 Å². The molecule has 0 fully saturated rings. The van der Waals surface area contributed by atoms with Crippen LogP contribution in [0.3, 0.4) is 0 Å². The highest BCUT2D eigenvalue weighted by atomic mass is 16.6. The van der Waals surface area contributed by atoms with Gasteiger partial charge in [-0.2, -0.15) is 0 Å². The molecule has 0 bridgehead atoms. The Labute approximate surface area is 205 Å². The zero-order valence-electron chi connectivity index (χ0n) is 20.3. The van der Waals surface area contributed by atoms with Crippen molar-refractivity contribution < 1.29 is 43.9 Å². The Morgan fingerprint density at radius 1 is 0.972 bits per heavy atom. The van der Waals surface area contributed by atoms with Crippen molar-refractivity contribution in [2.75, 3.05) is 0 Å². The number of alkyl carbamates (subject to hydrolysis) is 1. The SMILES string of the molecule is CC(C)[C@@H](NC(=O)OC(C)(C)C)C(=O)Oc1c(-c2ccc(O)c(O)c2)oc2cc(O)cc(O)c2c1=O. The van der Waals surface area contributed by atoms with Gasteiger partial charge in [0, 0.05) is 17.7 Å². The van der Waals surface area contributed by atoms with Crippen molar-refractivity contribution in [3.63, 3.8) is 0 Å². The number of phenols is 4. The van der Waals surface area contributed by atoms with Crippen LogP contribution in [-0.2, 0) is 9.53 Å². The zero-order chi connectivity index (χ0) is 26.9. The average molecular weight is 501 g/mol. The number of nitrogens with one attached hydrogen (secondary N) is 1. The highest BCUT2D eigenvalue weighted by Gasteiger charge is 2.31. The van der Waals surface area contributed by atoms with Crippen molar-refractivity contribution >= 4 is 23.0 Å². The summed E-state index contributed by atoms with van der Waals surface area (Å²) < 4.78 is 16.3. The topological polar surface area (TPSA) is 176 Å². The summed E-state index contributed by atoms with van der Waals surface area (Å²) in [7, 11) is 0. The van der Waals surface area contributed by atoms with E-state index in [1.54, 1.807) is 34.6 Å². The van der Waals surface area contributed by atoms with Crippen molar-refractivity contribution in [2.45, 2.75) is 46.3 Å². The van der Waals surface area contributed by atoms with E-state index in [0.717, 1.165) is 24.3 Å². The molecule has 0 aliphatic heterocycles. The zero-order valence-corrected chi connectivity index (χ0v) is 20.3. The van der Waals surface area contributed by atoms with Crippen LogP contribution >= 0.6 is 0 Å². The summed E-state index contributed by atoms with van der Waals surface area (Å²) in [6, 6.07) is 4.24. The van der Waals surface area contributed by atoms with Gasteiger partial charge in [0.15, 0.2) is 17.3 Å². The lowest BCUT2D eigenvalue weighted by atomic mass is 10.0. The first-order valence-corrected chi connectivity index (χ1v) is 10.9. The van der Waals surface area contributed by atoms with Gasteiger partial charge in [-0.05, 0) is 44.9 Å². The number of fused-ring (bicyclic) bond motifs is 1. The number of carbonyl (C=O) groups is 2. The Kier molecular flexibility index (Phi) is 7.05. The molecule has 1 amide bonds. The number of aromatic hydroxyl groups is 4. The largest absolute Gasteiger partial charge is 0.508 e. The number of benzene rings is 2. The van der Waals surface area contributed by atoms with Crippen LogP contribution in [0.5, 0.6) is 28.7 Å². The Bertz CT molecular complexity index is 1380. The minimum absolute atomic E-state index is 0.0381. The van der Waals surface area contributed by atoms with E-state index in [-0.39, 0.29) is 22.3 Å². The number of esters is 1. The van der Waals surface area contributed by atoms with E-state index in [1.807, 2.05) is 0 Å². The van der Waals surface area contributed by atoms with Crippen LogP contribution in [0, 0.1) is 5.92 Å². The van der Waals surface area contributed by atoms with Crippen molar-refractivity contribution in [3.8, 4) is 40.1 Å². The Hall–Kier alpha value is -4.41. The molecular weight excluding hydrogens is 474 g/mol. The molecule has 0 spiro atoms. The third kappa shape index (κ3) is 5.62. The first kappa shape index (κ1) is 26.2. The van der Waals surface area contributed by atoms with Crippen molar-refractivity contribution in [1.82, 2.24) is 5.32 Å². The summed E-state index contributed by atoms with van der Waals surface area (Å²) >= 11 is 0. The van der Waals surface area contributed by atoms with Crippen molar-refractivity contribution in [3.05, 3.63) is 40.6 Å². The normalized spacial score (nSPS) is 12.4. The fourth-order valence-electron chi connectivity index (χ4n) is 3.31. The second-order valence-electron chi connectivity index (χ2n) is 9.42. The number of hydrogen-bond donors (Lipinski definition) is 5. The third-order valence-electron chi connectivity index (χ3n) is 4.95. The van der Waals surface area contributed by atoms with Gasteiger partial charge in [0.2, 0.25) is 11.2 Å². The minimum atomic E-state index is -1.23. The van der Waals surface area contributed by atoms with E-state index in [0.29, 0.717) is 0 Å². The fraction of sp³-hybridized carbons (Fsp3) is 0.320. The number of rotatable bonds is 5. The summed E-state index contributed by atoms with van der Waals surface area (Å²) in [5, 5.41) is 41.7. The van der Waals surface area contributed by atoms with Gasteiger partial charge in [0.25, 0.3) is 0 Å². The lowest BCUT2D eigenvalue weighted by molar-refractivity contribution is -0.138. The van der Waals surface area contributed by atoms with Crippen LogP contribution in [0.4, 0.5) is 4.79 Å². The second kappa shape index (κ2) is 9.68. The molecule has 1 aromatic heterocycles. The molecule has 0 aliphatic carbocycles. The van der Waals surface area contributed by atoms with E-state index in [2.05, 4.69) is 5.32 Å². The van der Waals surface area contributed by atoms with Crippen molar-refractivity contribution in [1.29, 1.82) is 0 Å². The lowest BCUT2D eigenvalue weighted by Gasteiger charge is -2.24. The lowest BCUT2D eigenvalue weighted by Crippen LogP contribution is -2.48. The molecule has 3 aromatic rings. The molecule has 1 atom stereocenters. The van der Waals surface area contributed by atoms with Crippen LogP contribution in [0.2, 0.25) is 0 Å². The maximum absolute atomic E-state index is 13.3. The maximum Gasteiger partial charge on any atom is 0.408 e. The molecule has 5 N–H and O–H groups in total. The Morgan fingerprint density at radius 2 is 1.64 bits per heavy atom. The standard InChI is InChI=1S/C25H27NO10/c1-11(2)19(26-24(33)36-25(3,4)5)23(32)35-22-20(31)18-16(30)9-13(27)10-17(18)34-21(22)12-6-7-14(28)15(29)8-12/h6-11,19,27-30H,1-5H3,(H,26,33)/t19-/m1/s1. The monoisotopic (exact) mass is 501 g/mol. The van der Waals surface area contributed by atoms with Gasteiger partial charge in [-0.1, -0.05) is 13.8 Å². The first-order valence-electron chi connectivity index (χ1n) is 10.9. The molecule has 3 rings (SSSR count). The summed E-state index contributed by atoms with van der Waals surface area (Å²) in [5.74, 6) is -4.49. The van der Waals surface area contributed by atoms with Crippen LogP contribution in [0.15, 0.2) is 39.5 Å². The average Bonchev–Trinajstić information content (AvgIpc) is 2.73. The van der Waals surface area contributed by atoms with Gasteiger partial charge in [-0.15, -0.1) is 0 Å². The van der Waals surface area contributed by atoms with Gasteiger partial charge in [0.1, 0.15) is 34.1 Å². The Morgan fingerprint density at radius 3 is 2.22 bits per heavy atom. The summed E-state index contributed by atoms with van der Waals surface area (Å²) in [6.07, 6.45) is -0.875. The highest BCUT2D eigenvalue weighted by molar-refractivity contribution is 5.90. The van der Waals surface area contributed by atoms with E-state index in [9.17, 15) is 34.8 Å². The van der Waals surface area contributed by atoms with E-state index in [4.69, 9.17) is 13.9 Å². The molecule has 1 heterocycles. The molecule has 0 unspecified atom stereocenters. The molecular formula is C25H27NO10. The second-order valence-corrected chi connectivity index (χ2v) is 9.42. The van der Waals surface area contributed by atoms with E-state index >= 15 is 0 Å². The third-order valence-corrected chi connectivity index (χ3v) is 4.95. The van der Waals surface area contributed by atoms with Gasteiger partial charge in [0.05, 0.1) is 0 Å². The molecule has 192 valence electrons. The quantitative estimate of drug-likeness (QED) is 0.256. The fourth-order valence-corrected chi connectivity index (χ4v) is 3.31. The summed E-state index contributed by atoms with van der Waals surface area (Å²) in [4.78, 5) is 38.7. The predicted octanol–water partition coefficient (Wildman–Crippen LogP) is 3.74. The smallest absolute Gasteiger partial charge is 0.408 e. The van der Waals surface area contributed by atoms with Gasteiger partial charge >= 0.3 is 12.1 Å². The van der Waals surface area contributed by atoms with Gasteiger partial charge in [-0.25, -0.2) is 9.59 Å². The Balaban J connectivity index is 2.13. The molecule has 0 saturated carbocycles. The number of phenolic OH excluding ortho intramolecular Hbond substituents is 4. The van der Waals surface area contributed by atoms with Crippen molar-refractivity contribution in [2.24, 2.45) is 5.92 Å². The molecule has 0 aliphatic rings. The summed E-state index contributed by atoms with van der Waals surface area (Å²) in [6.45, 7) is 8.23. The van der Waals surface area contributed by atoms with Crippen LogP contribution < -0.4 is 15.5 Å². The molecule has 11 nitrogen and oxygen atoms in total. The van der Waals surface area contributed by atoms with Crippen LogP contribution in [0.25, 0.3) is 22.3 Å². The molecule has 0 saturated heterocycles.